The minimum Gasteiger partial charge on any atom is -0.481 e. The number of aliphatic carboxylic acids is 1. The molecule has 0 aromatic heterocycles. The van der Waals surface area contributed by atoms with Crippen LogP contribution in [0.3, 0.4) is 0 Å². The van der Waals surface area contributed by atoms with Gasteiger partial charge in [0.2, 0.25) is 5.91 Å². The van der Waals surface area contributed by atoms with Crippen molar-refractivity contribution >= 4 is 11.9 Å². The molecule has 2 rings (SSSR count). The highest BCUT2D eigenvalue weighted by molar-refractivity contribution is 5.80. The predicted octanol–water partition coefficient (Wildman–Crippen LogP) is 1.99. The number of carbonyl (C=O) groups is 2. The summed E-state index contributed by atoms with van der Waals surface area (Å²) >= 11 is 0. The van der Waals surface area contributed by atoms with Gasteiger partial charge >= 0.3 is 5.97 Å². The standard InChI is InChI=1S/C15H18FNO3/c16-13-5-1-10(2-6-13)7-8-17-14(18)11-3-4-12(9-11)15(19)20/h1-2,5-6,11-12H,3-4,7-9H2,(H,17,18)(H,19,20)/t11-,12+/m0/s1. The van der Waals surface area contributed by atoms with Crippen molar-refractivity contribution < 1.29 is 19.1 Å². The SMILES string of the molecule is O=C(O)[C@@H]1CC[C@H](C(=O)NCCc2ccc(F)cc2)C1. The molecule has 1 saturated carbocycles. The van der Waals surface area contributed by atoms with Crippen LogP contribution >= 0.6 is 0 Å². The molecular weight excluding hydrogens is 261 g/mol. The second-order valence-corrected chi connectivity index (χ2v) is 5.21. The maximum absolute atomic E-state index is 12.7. The van der Waals surface area contributed by atoms with E-state index in [1.807, 2.05) is 0 Å². The van der Waals surface area contributed by atoms with Crippen LogP contribution in [0, 0.1) is 17.7 Å². The van der Waals surface area contributed by atoms with E-state index in [1.165, 1.54) is 12.1 Å². The lowest BCUT2D eigenvalue weighted by molar-refractivity contribution is -0.141. The van der Waals surface area contributed by atoms with Crippen molar-refractivity contribution in [1.29, 1.82) is 0 Å². The van der Waals surface area contributed by atoms with E-state index in [4.69, 9.17) is 5.11 Å². The Hall–Kier alpha value is -1.91. The Labute approximate surface area is 117 Å². The number of nitrogens with one attached hydrogen (secondary N) is 1. The average molecular weight is 279 g/mol. The summed E-state index contributed by atoms with van der Waals surface area (Å²) < 4.78 is 12.7. The number of amides is 1. The molecule has 0 radical (unpaired) electrons. The summed E-state index contributed by atoms with van der Waals surface area (Å²) in [5, 5.41) is 11.7. The molecule has 1 fully saturated rings. The van der Waals surface area contributed by atoms with E-state index in [0.29, 0.717) is 32.2 Å². The first-order valence-corrected chi connectivity index (χ1v) is 6.81. The molecule has 20 heavy (non-hydrogen) atoms. The Morgan fingerprint density at radius 2 is 1.85 bits per heavy atom. The van der Waals surface area contributed by atoms with E-state index in [-0.39, 0.29) is 23.6 Å². The lowest BCUT2D eigenvalue weighted by atomic mass is 10.0. The fraction of sp³-hybridized carbons (Fsp3) is 0.467. The van der Waals surface area contributed by atoms with E-state index in [0.717, 1.165) is 5.56 Å². The predicted molar refractivity (Wildman–Crippen MR) is 71.6 cm³/mol. The monoisotopic (exact) mass is 279 g/mol. The third-order valence-corrected chi connectivity index (χ3v) is 3.78. The quantitative estimate of drug-likeness (QED) is 0.866. The van der Waals surface area contributed by atoms with Gasteiger partial charge in [-0.15, -0.1) is 0 Å². The fourth-order valence-electron chi connectivity index (χ4n) is 2.57. The summed E-state index contributed by atoms with van der Waals surface area (Å²) in [6, 6.07) is 6.17. The van der Waals surface area contributed by atoms with E-state index in [9.17, 15) is 14.0 Å². The molecule has 2 N–H and O–H groups in total. The normalized spacial score (nSPS) is 21.6. The van der Waals surface area contributed by atoms with E-state index in [2.05, 4.69) is 5.32 Å². The number of hydrogen-bond donors (Lipinski definition) is 2. The number of halogens is 1. The molecule has 4 nitrogen and oxygen atoms in total. The topological polar surface area (TPSA) is 66.4 Å². The van der Waals surface area contributed by atoms with Gasteiger partial charge in [-0.2, -0.15) is 0 Å². The maximum atomic E-state index is 12.7. The van der Waals surface area contributed by atoms with Crippen LogP contribution in [-0.2, 0) is 16.0 Å². The third-order valence-electron chi connectivity index (χ3n) is 3.78. The first kappa shape index (κ1) is 14.5. The second-order valence-electron chi connectivity index (χ2n) is 5.21. The minimum atomic E-state index is -0.813. The molecule has 0 saturated heterocycles. The average Bonchev–Trinajstić information content (AvgIpc) is 2.91. The minimum absolute atomic E-state index is 0.0733. The summed E-state index contributed by atoms with van der Waals surface area (Å²) in [7, 11) is 0. The van der Waals surface area contributed by atoms with Crippen LogP contribution in [0.2, 0.25) is 0 Å². The van der Waals surface area contributed by atoms with Crippen molar-refractivity contribution in [3.63, 3.8) is 0 Å². The zero-order valence-electron chi connectivity index (χ0n) is 11.1. The van der Waals surface area contributed by atoms with Crippen molar-refractivity contribution in [3.8, 4) is 0 Å². The molecule has 0 spiro atoms. The summed E-state index contributed by atoms with van der Waals surface area (Å²) in [5.41, 5.74) is 0.960. The number of hydrogen-bond acceptors (Lipinski definition) is 2. The number of carboxylic acids is 1. The summed E-state index contributed by atoms with van der Waals surface area (Å²) in [6.07, 6.45) is 2.28. The van der Waals surface area contributed by atoms with Crippen LogP contribution in [0.1, 0.15) is 24.8 Å². The summed E-state index contributed by atoms with van der Waals surface area (Å²) in [6.45, 7) is 0.485. The van der Waals surface area contributed by atoms with Crippen LogP contribution in [0.15, 0.2) is 24.3 Å². The number of carbonyl (C=O) groups excluding carboxylic acids is 1. The van der Waals surface area contributed by atoms with Gasteiger partial charge < -0.3 is 10.4 Å². The van der Waals surface area contributed by atoms with Crippen LogP contribution in [0.25, 0.3) is 0 Å². The molecular formula is C15H18FNO3. The van der Waals surface area contributed by atoms with E-state index in [1.54, 1.807) is 12.1 Å². The third kappa shape index (κ3) is 3.79. The number of carboxylic acid groups (broad SMARTS) is 1. The van der Waals surface area contributed by atoms with Gasteiger partial charge in [-0.1, -0.05) is 12.1 Å². The van der Waals surface area contributed by atoms with Gasteiger partial charge in [-0.05, 0) is 43.4 Å². The highest BCUT2D eigenvalue weighted by atomic mass is 19.1. The zero-order valence-corrected chi connectivity index (χ0v) is 11.1. The first-order valence-electron chi connectivity index (χ1n) is 6.81. The maximum Gasteiger partial charge on any atom is 0.306 e. The van der Waals surface area contributed by atoms with Crippen LogP contribution in [-0.4, -0.2) is 23.5 Å². The smallest absolute Gasteiger partial charge is 0.306 e. The van der Waals surface area contributed by atoms with E-state index >= 15 is 0 Å². The van der Waals surface area contributed by atoms with Gasteiger partial charge in [0.05, 0.1) is 5.92 Å². The van der Waals surface area contributed by atoms with Crippen LogP contribution in [0.5, 0.6) is 0 Å². The molecule has 1 aromatic carbocycles. The molecule has 1 aliphatic carbocycles. The Balaban J connectivity index is 1.73. The summed E-state index contributed by atoms with van der Waals surface area (Å²) in [5.74, 6) is -1.74. The van der Waals surface area contributed by atoms with Gasteiger partial charge in [0.25, 0.3) is 0 Å². The lowest BCUT2D eigenvalue weighted by Crippen LogP contribution is -2.31. The Kier molecular flexibility index (Phi) is 4.71. The molecule has 0 bridgehead atoms. The highest BCUT2D eigenvalue weighted by Gasteiger charge is 2.33. The molecule has 5 heteroatoms. The molecule has 0 unspecified atom stereocenters. The Morgan fingerprint density at radius 1 is 1.20 bits per heavy atom. The molecule has 0 heterocycles. The number of benzene rings is 1. The molecule has 2 atom stereocenters. The van der Waals surface area contributed by atoms with Gasteiger partial charge in [-0.25, -0.2) is 4.39 Å². The fourth-order valence-corrected chi connectivity index (χ4v) is 2.57. The first-order chi connectivity index (χ1) is 9.56. The zero-order chi connectivity index (χ0) is 14.5. The second kappa shape index (κ2) is 6.50. The molecule has 0 aliphatic heterocycles. The molecule has 1 amide bonds. The van der Waals surface area contributed by atoms with Crippen LogP contribution < -0.4 is 5.32 Å². The van der Waals surface area contributed by atoms with Crippen molar-refractivity contribution in [2.75, 3.05) is 6.54 Å². The van der Waals surface area contributed by atoms with Gasteiger partial charge in [-0.3, -0.25) is 9.59 Å². The number of rotatable bonds is 5. The van der Waals surface area contributed by atoms with Gasteiger partial charge in [0.1, 0.15) is 5.82 Å². The van der Waals surface area contributed by atoms with Crippen LogP contribution in [0.4, 0.5) is 4.39 Å². The van der Waals surface area contributed by atoms with Crippen molar-refractivity contribution in [3.05, 3.63) is 35.6 Å². The largest absolute Gasteiger partial charge is 0.481 e. The molecule has 1 aromatic rings. The van der Waals surface area contributed by atoms with Gasteiger partial charge in [0.15, 0.2) is 0 Å². The van der Waals surface area contributed by atoms with Crippen molar-refractivity contribution in [2.45, 2.75) is 25.7 Å². The van der Waals surface area contributed by atoms with E-state index < -0.39 is 5.97 Å². The molecule has 1 aliphatic rings. The summed E-state index contributed by atoms with van der Waals surface area (Å²) in [4.78, 5) is 22.7. The molecule has 108 valence electrons. The Morgan fingerprint density at radius 3 is 2.45 bits per heavy atom. The van der Waals surface area contributed by atoms with Crippen molar-refractivity contribution in [2.24, 2.45) is 11.8 Å². The van der Waals surface area contributed by atoms with Gasteiger partial charge in [0, 0.05) is 12.5 Å². The van der Waals surface area contributed by atoms with Crippen molar-refractivity contribution in [1.82, 2.24) is 5.32 Å². The lowest BCUT2D eigenvalue weighted by Gasteiger charge is -2.10. The Bertz CT molecular complexity index is 486. The highest BCUT2D eigenvalue weighted by Crippen LogP contribution is 2.31.